The second-order valence-corrected chi connectivity index (χ2v) is 7.93. The number of carbonyl (C=O) groups is 2. The fourth-order valence-electron chi connectivity index (χ4n) is 3.23. The van der Waals surface area contributed by atoms with Gasteiger partial charge in [-0.15, -0.1) is 0 Å². The predicted octanol–water partition coefficient (Wildman–Crippen LogP) is 5.08. The Morgan fingerprint density at radius 2 is 1.50 bits per heavy atom. The fourth-order valence-corrected chi connectivity index (χ4v) is 4.18. The molecule has 0 bridgehead atoms. The summed E-state index contributed by atoms with van der Waals surface area (Å²) in [6.45, 7) is 2.44. The second-order valence-electron chi connectivity index (χ2n) is 6.85. The number of nitrogens with one attached hydrogen (secondary N) is 1. The lowest BCUT2D eigenvalue weighted by Gasteiger charge is -2.16. The zero-order valence-electron chi connectivity index (χ0n) is 17.7. The molecule has 3 aromatic rings. The smallest absolute Gasteiger partial charge is 0.283 e. The van der Waals surface area contributed by atoms with Crippen LogP contribution in [0.25, 0.3) is 0 Å². The van der Waals surface area contributed by atoms with Gasteiger partial charge < -0.3 is 14.8 Å². The van der Waals surface area contributed by atoms with Crippen LogP contribution in [0.4, 0.5) is 11.4 Å². The van der Waals surface area contributed by atoms with Gasteiger partial charge in [-0.25, -0.2) is 4.90 Å². The maximum Gasteiger partial charge on any atom is 0.283 e. The lowest BCUT2D eigenvalue weighted by atomic mass is 10.2. The summed E-state index contributed by atoms with van der Waals surface area (Å²) in [5.74, 6) is 0.601. The van der Waals surface area contributed by atoms with Crippen LogP contribution in [0.15, 0.2) is 94.4 Å². The molecule has 0 aromatic heterocycles. The van der Waals surface area contributed by atoms with Gasteiger partial charge in [0.1, 0.15) is 22.1 Å². The van der Waals surface area contributed by atoms with Crippen molar-refractivity contribution in [3.63, 3.8) is 0 Å². The highest BCUT2D eigenvalue weighted by Crippen LogP contribution is 2.38. The van der Waals surface area contributed by atoms with Crippen LogP contribution >= 0.6 is 11.8 Å². The van der Waals surface area contributed by atoms with E-state index in [1.165, 1.54) is 16.7 Å². The SMILES string of the molecule is CCOc1ccc(N2C(=O)C(Nc3ccc(OC)cc3)=C(Sc3ccccc3)C2=O)cc1. The van der Waals surface area contributed by atoms with Gasteiger partial charge >= 0.3 is 0 Å². The first-order chi connectivity index (χ1) is 15.6. The van der Waals surface area contributed by atoms with Gasteiger partial charge in [-0.05, 0) is 67.6 Å². The van der Waals surface area contributed by atoms with Crippen LogP contribution in [0.1, 0.15) is 6.92 Å². The van der Waals surface area contributed by atoms with Gasteiger partial charge in [0, 0.05) is 10.6 Å². The number of imide groups is 1. The van der Waals surface area contributed by atoms with E-state index < -0.39 is 5.91 Å². The molecule has 0 fully saturated rings. The van der Waals surface area contributed by atoms with Crippen molar-refractivity contribution < 1.29 is 19.1 Å². The van der Waals surface area contributed by atoms with E-state index in [0.29, 0.717) is 34.4 Å². The van der Waals surface area contributed by atoms with Gasteiger partial charge in [0.25, 0.3) is 11.8 Å². The number of hydrogen-bond acceptors (Lipinski definition) is 6. The first kappa shape index (κ1) is 21.5. The quantitative estimate of drug-likeness (QED) is 0.487. The topological polar surface area (TPSA) is 67.9 Å². The Kier molecular flexibility index (Phi) is 6.47. The highest BCUT2D eigenvalue weighted by atomic mass is 32.2. The van der Waals surface area contributed by atoms with E-state index in [1.54, 1.807) is 55.6 Å². The molecule has 1 aliphatic rings. The van der Waals surface area contributed by atoms with Crippen LogP contribution in [0.2, 0.25) is 0 Å². The Labute approximate surface area is 190 Å². The summed E-state index contributed by atoms with van der Waals surface area (Å²) in [4.78, 5) is 29.1. The molecule has 162 valence electrons. The van der Waals surface area contributed by atoms with E-state index >= 15 is 0 Å². The van der Waals surface area contributed by atoms with Crippen molar-refractivity contribution in [2.45, 2.75) is 11.8 Å². The normalized spacial score (nSPS) is 13.5. The molecule has 0 saturated carbocycles. The van der Waals surface area contributed by atoms with Crippen LogP contribution in [-0.2, 0) is 9.59 Å². The minimum Gasteiger partial charge on any atom is -0.497 e. The van der Waals surface area contributed by atoms with Crippen LogP contribution in [0, 0.1) is 0 Å². The Balaban J connectivity index is 1.68. The molecule has 1 heterocycles. The molecule has 32 heavy (non-hydrogen) atoms. The summed E-state index contributed by atoms with van der Waals surface area (Å²) in [5, 5.41) is 3.14. The molecule has 1 N–H and O–H groups in total. The monoisotopic (exact) mass is 446 g/mol. The number of nitrogens with zero attached hydrogens (tertiary/aromatic N) is 1. The number of hydrogen-bond donors (Lipinski definition) is 1. The van der Waals surface area contributed by atoms with Gasteiger partial charge in [0.05, 0.1) is 19.4 Å². The Morgan fingerprint density at radius 3 is 2.12 bits per heavy atom. The molecule has 3 aromatic carbocycles. The highest BCUT2D eigenvalue weighted by molar-refractivity contribution is 8.04. The van der Waals surface area contributed by atoms with E-state index in [0.717, 1.165) is 4.90 Å². The van der Waals surface area contributed by atoms with Gasteiger partial charge in [-0.1, -0.05) is 30.0 Å². The first-order valence-corrected chi connectivity index (χ1v) is 10.9. The molecule has 4 rings (SSSR count). The second kappa shape index (κ2) is 9.62. The zero-order valence-corrected chi connectivity index (χ0v) is 18.5. The predicted molar refractivity (Wildman–Crippen MR) is 126 cm³/mol. The largest absolute Gasteiger partial charge is 0.497 e. The number of amides is 2. The van der Waals surface area contributed by atoms with Gasteiger partial charge in [-0.3, -0.25) is 9.59 Å². The average molecular weight is 447 g/mol. The van der Waals surface area contributed by atoms with Crippen LogP contribution in [-0.4, -0.2) is 25.5 Å². The van der Waals surface area contributed by atoms with Crippen molar-refractivity contribution >= 4 is 35.0 Å². The summed E-state index contributed by atoms with van der Waals surface area (Å²) in [5.41, 5.74) is 1.41. The van der Waals surface area contributed by atoms with E-state index in [1.807, 2.05) is 37.3 Å². The standard InChI is InChI=1S/C25H22N2O4S/c1-3-31-20-15-11-18(12-16-20)27-24(28)22(26-17-9-13-19(30-2)14-10-17)23(25(27)29)32-21-7-5-4-6-8-21/h4-16,26H,3H2,1-2H3. The summed E-state index contributed by atoms with van der Waals surface area (Å²) < 4.78 is 10.7. The minimum atomic E-state index is -0.409. The average Bonchev–Trinajstić information content (AvgIpc) is 3.05. The Bertz CT molecular complexity index is 1140. The third kappa shape index (κ3) is 4.48. The third-order valence-corrected chi connectivity index (χ3v) is 5.86. The fraction of sp³-hybridized carbons (Fsp3) is 0.120. The molecule has 0 aliphatic carbocycles. The van der Waals surface area contributed by atoms with E-state index in [-0.39, 0.29) is 11.6 Å². The summed E-state index contributed by atoms with van der Waals surface area (Å²) in [6.07, 6.45) is 0. The van der Waals surface area contributed by atoms with Crippen LogP contribution in [0.5, 0.6) is 11.5 Å². The van der Waals surface area contributed by atoms with Crippen molar-refractivity contribution in [3.05, 3.63) is 89.5 Å². The number of benzene rings is 3. The molecule has 0 spiro atoms. The van der Waals surface area contributed by atoms with E-state index in [4.69, 9.17) is 9.47 Å². The minimum absolute atomic E-state index is 0.239. The molecule has 0 unspecified atom stereocenters. The number of rotatable bonds is 8. The zero-order chi connectivity index (χ0) is 22.5. The molecular formula is C25H22N2O4S. The maximum atomic E-state index is 13.4. The van der Waals surface area contributed by atoms with Crippen molar-refractivity contribution in [1.82, 2.24) is 0 Å². The van der Waals surface area contributed by atoms with Crippen molar-refractivity contribution in [2.75, 3.05) is 23.9 Å². The molecule has 0 radical (unpaired) electrons. The van der Waals surface area contributed by atoms with Crippen molar-refractivity contribution in [2.24, 2.45) is 0 Å². The van der Waals surface area contributed by atoms with Crippen LogP contribution < -0.4 is 19.7 Å². The van der Waals surface area contributed by atoms with E-state index in [9.17, 15) is 9.59 Å². The summed E-state index contributed by atoms with van der Waals surface area (Å²) in [6, 6.07) is 23.6. The van der Waals surface area contributed by atoms with Crippen LogP contribution in [0.3, 0.4) is 0 Å². The summed E-state index contributed by atoms with van der Waals surface area (Å²) >= 11 is 1.26. The number of thioether (sulfide) groups is 1. The van der Waals surface area contributed by atoms with Gasteiger partial charge in [0.15, 0.2) is 0 Å². The lowest BCUT2D eigenvalue weighted by molar-refractivity contribution is -0.120. The maximum absolute atomic E-state index is 13.4. The lowest BCUT2D eigenvalue weighted by Crippen LogP contribution is -2.32. The molecule has 0 atom stereocenters. The summed E-state index contributed by atoms with van der Waals surface area (Å²) in [7, 11) is 1.59. The number of methoxy groups -OCH3 is 1. The Morgan fingerprint density at radius 1 is 0.844 bits per heavy atom. The highest BCUT2D eigenvalue weighted by Gasteiger charge is 2.40. The molecule has 0 saturated heterocycles. The Hall–Kier alpha value is -3.71. The van der Waals surface area contributed by atoms with Crippen molar-refractivity contribution in [1.29, 1.82) is 0 Å². The number of carbonyl (C=O) groups excluding carboxylic acids is 2. The molecule has 7 heteroatoms. The number of ether oxygens (including phenoxy) is 2. The number of anilines is 2. The van der Waals surface area contributed by atoms with Gasteiger partial charge in [-0.2, -0.15) is 0 Å². The van der Waals surface area contributed by atoms with E-state index in [2.05, 4.69) is 5.32 Å². The third-order valence-electron chi connectivity index (χ3n) is 4.77. The molecular weight excluding hydrogens is 424 g/mol. The van der Waals surface area contributed by atoms with Crippen molar-refractivity contribution in [3.8, 4) is 11.5 Å². The molecule has 6 nitrogen and oxygen atoms in total. The molecule has 1 aliphatic heterocycles. The van der Waals surface area contributed by atoms with Gasteiger partial charge in [0.2, 0.25) is 0 Å². The first-order valence-electron chi connectivity index (χ1n) is 10.1. The molecule has 2 amide bonds.